The lowest BCUT2D eigenvalue weighted by molar-refractivity contribution is -0.137. The van der Waals surface area contributed by atoms with E-state index in [0.717, 1.165) is 48.5 Å². The highest BCUT2D eigenvalue weighted by atomic mass is 19.4. The SMILES string of the molecule is Cc1ccc2c(c1)C1CN(C)CC[C@@H]1N2C(=O)Nc1cccc(C(F)(F)F)c1. The Bertz CT molecular complexity index is 912. The average molecular weight is 389 g/mol. The first-order valence-electron chi connectivity index (χ1n) is 9.30. The quantitative estimate of drug-likeness (QED) is 0.757. The van der Waals surface area contributed by atoms with Gasteiger partial charge in [0.1, 0.15) is 0 Å². The molecule has 2 heterocycles. The summed E-state index contributed by atoms with van der Waals surface area (Å²) in [6.07, 6.45) is -3.62. The van der Waals surface area contributed by atoms with Crippen molar-refractivity contribution in [1.82, 2.24) is 4.90 Å². The zero-order valence-electron chi connectivity index (χ0n) is 15.8. The summed E-state index contributed by atoms with van der Waals surface area (Å²) < 4.78 is 38.9. The molecule has 0 bridgehead atoms. The number of piperidine rings is 1. The number of fused-ring (bicyclic) bond motifs is 3. The third-order valence-electron chi connectivity index (χ3n) is 5.61. The largest absolute Gasteiger partial charge is 0.416 e. The summed E-state index contributed by atoms with van der Waals surface area (Å²) >= 11 is 0. The van der Waals surface area contributed by atoms with Crippen LogP contribution in [-0.4, -0.2) is 37.1 Å². The zero-order valence-corrected chi connectivity index (χ0v) is 15.8. The van der Waals surface area contributed by atoms with Crippen molar-refractivity contribution in [2.24, 2.45) is 0 Å². The summed E-state index contributed by atoms with van der Waals surface area (Å²) in [4.78, 5) is 17.1. The van der Waals surface area contributed by atoms with Crippen LogP contribution >= 0.6 is 0 Å². The topological polar surface area (TPSA) is 35.6 Å². The van der Waals surface area contributed by atoms with E-state index in [-0.39, 0.29) is 23.7 Å². The van der Waals surface area contributed by atoms with Gasteiger partial charge in [-0.25, -0.2) is 4.79 Å². The first kappa shape index (κ1) is 18.8. The number of benzene rings is 2. The van der Waals surface area contributed by atoms with Crippen LogP contribution in [-0.2, 0) is 6.18 Å². The molecule has 2 aromatic rings. The van der Waals surface area contributed by atoms with Crippen molar-refractivity contribution in [1.29, 1.82) is 0 Å². The van der Waals surface area contributed by atoms with E-state index in [1.54, 1.807) is 4.90 Å². The monoisotopic (exact) mass is 389 g/mol. The number of rotatable bonds is 1. The fourth-order valence-electron chi connectivity index (χ4n) is 4.30. The Hall–Kier alpha value is -2.54. The van der Waals surface area contributed by atoms with Crippen molar-refractivity contribution < 1.29 is 18.0 Å². The van der Waals surface area contributed by atoms with Gasteiger partial charge in [0, 0.05) is 29.9 Å². The molecule has 4 rings (SSSR count). The van der Waals surface area contributed by atoms with E-state index in [0.29, 0.717) is 0 Å². The fraction of sp³-hybridized carbons (Fsp3) is 0.381. The molecule has 0 aromatic heterocycles. The van der Waals surface area contributed by atoms with Gasteiger partial charge in [0.15, 0.2) is 0 Å². The highest BCUT2D eigenvalue weighted by Gasteiger charge is 2.44. The van der Waals surface area contributed by atoms with Crippen molar-refractivity contribution in [3.05, 3.63) is 59.2 Å². The molecule has 0 aliphatic carbocycles. The highest BCUT2D eigenvalue weighted by molar-refractivity contribution is 6.04. The van der Waals surface area contributed by atoms with Gasteiger partial charge >= 0.3 is 12.2 Å². The summed E-state index contributed by atoms with van der Waals surface area (Å²) in [5.41, 5.74) is 2.48. The number of aryl methyl sites for hydroxylation is 1. The molecule has 148 valence electrons. The number of nitrogens with one attached hydrogen (secondary N) is 1. The molecular weight excluding hydrogens is 367 g/mol. The molecule has 1 fully saturated rings. The maximum absolute atomic E-state index is 13.1. The van der Waals surface area contributed by atoms with Crippen LogP contribution in [0.4, 0.5) is 29.3 Å². The first-order chi connectivity index (χ1) is 13.2. The smallest absolute Gasteiger partial charge is 0.308 e. The van der Waals surface area contributed by atoms with Crippen LogP contribution in [0.25, 0.3) is 0 Å². The van der Waals surface area contributed by atoms with Crippen LogP contribution in [0.15, 0.2) is 42.5 Å². The maximum atomic E-state index is 13.1. The van der Waals surface area contributed by atoms with Gasteiger partial charge in [-0.3, -0.25) is 4.90 Å². The number of amides is 2. The van der Waals surface area contributed by atoms with Crippen molar-refractivity contribution in [2.75, 3.05) is 30.4 Å². The first-order valence-corrected chi connectivity index (χ1v) is 9.30. The molecule has 1 N–H and O–H groups in total. The predicted octanol–water partition coefficient (Wildman–Crippen LogP) is 4.85. The lowest BCUT2D eigenvalue weighted by Crippen LogP contribution is -2.48. The van der Waals surface area contributed by atoms with Crippen LogP contribution in [0.1, 0.15) is 29.0 Å². The van der Waals surface area contributed by atoms with E-state index < -0.39 is 11.7 Å². The molecule has 7 heteroatoms. The van der Waals surface area contributed by atoms with Gasteiger partial charge in [-0.15, -0.1) is 0 Å². The van der Waals surface area contributed by atoms with Gasteiger partial charge in [-0.1, -0.05) is 23.8 Å². The van der Waals surface area contributed by atoms with Gasteiger partial charge < -0.3 is 10.2 Å². The van der Waals surface area contributed by atoms with Crippen molar-refractivity contribution in [2.45, 2.75) is 31.5 Å². The Morgan fingerprint density at radius 3 is 2.71 bits per heavy atom. The van der Waals surface area contributed by atoms with Crippen LogP contribution in [0.5, 0.6) is 0 Å². The van der Waals surface area contributed by atoms with E-state index in [4.69, 9.17) is 0 Å². The number of carbonyl (C=O) groups is 1. The number of likely N-dealkylation sites (N-methyl/N-ethyl adjacent to an activating group) is 1. The number of alkyl halides is 3. The van der Waals surface area contributed by atoms with Gasteiger partial charge in [0.2, 0.25) is 0 Å². The van der Waals surface area contributed by atoms with Crippen LogP contribution < -0.4 is 10.2 Å². The summed E-state index contributed by atoms with van der Waals surface area (Å²) in [5, 5.41) is 2.67. The summed E-state index contributed by atoms with van der Waals surface area (Å²) in [6.45, 7) is 3.75. The van der Waals surface area contributed by atoms with Crippen molar-refractivity contribution >= 4 is 17.4 Å². The Morgan fingerprint density at radius 1 is 1.18 bits per heavy atom. The third kappa shape index (κ3) is 3.35. The number of urea groups is 1. The number of halogens is 3. The van der Waals surface area contributed by atoms with Crippen LogP contribution in [0.2, 0.25) is 0 Å². The van der Waals surface area contributed by atoms with Gasteiger partial charge in [0.05, 0.1) is 5.56 Å². The second-order valence-corrected chi connectivity index (χ2v) is 7.67. The van der Waals surface area contributed by atoms with Crippen molar-refractivity contribution in [3.8, 4) is 0 Å². The fourth-order valence-corrected chi connectivity index (χ4v) is 4.30. The van der Waals surface area contributed by atoms with Crippen molar-refractivity contribution in [3.63, 3.8) is 0 Å². The Kier molecular flexibility index (Phi) is 4.57. The molecule has 0 spiro atoms. The predicted molar refractivity (Wildman–Crippen MR) is 103 cm³/mol. The Labute approximate surface area is 161 Å². The van der Waals surface area contributed by atoms with E-state index >= 15 is 0 Å². The minimum Gasteiger partial charge on any atom is -0.308 e. The van der Waals surface area contributed by atoms with E-state index in [2.05, 4.69) is 23.3 Å². The van der Waals surface area contributed by atoms with E-state index in [1.807, 2.05) is 19.1 Å². The van der Waals surface area contributed by atoms with Crippen LogP contribution in [0, 0.1) is 6.92 Å². The molecule has 28 heavy (non-hydrogen) atoms. The summed E-state index contributed by atoms with van der Waals surface area (Å²) in [6, 6.07) is 10.4. The molecule has 2 amide bonds. The number of likely N-dealkylation sites (tertiary alicyclic amines) is 1. The third-order valence-corrected chi connectivity index (χ3v) is 5.61. The lowest BCUT2D eigenvalue weighted by Gasteiger charge is -2.36. The van der Waals surface area contributed by atoms with Gasteiger partial charge in [-0.2, -0.15) is 13.2 Å². The second kappa shape index (κ2) is 6.81. The molecule has 2 aliphatic heterocycles. The standard InChI is InChI=1S/C21H22F3N3O/c1-13-6-7-18-16(10-13)17-12-26(2)9-8-19(17)27(18)20(28)25-15-5-3-4-14(11-15)21(22,23)24/h3-7,10-11,17,19H,8-9,12H2,1-2H3,(H,25,28)/t17?,19-/m0/s1. The molecule has 0 radical (unpaired) electrons. The number of carbonyl (C=O) groups excluding carboxylic acids is 1. The number of hydrogen-bond acceptors (Lipinski definition) is 2. The molecule has 2 aromatic carbocycles. The number of hydrogen-bond donors (Lipinski definition) is 1. The molecule has 2 atom stereocenters. The average Bonchev–Trinajstić information content (AvgIpc) is 2.94. The number of anilines is 2. The number of nitrogens with zero attached hydrogens (tertiary/aromatic N) is 2. The lowest BCUT2D eigenvalue weighted by atomic mass is 9.89. The molecule has 2 aliphatic rings. The Balaban J connectivity index is 1.64. The van der Waals surface area contributed by atoms with E-state index in [9.17, 15) is 18.0 Å². The summed E-state index contributed by atoms with van der Waals surface area (Å²) in [7, 11) is 2.07. The van der Waals surface area contributed by atoms with E-state index in [1.165, 1.54) is 12.1 Å². The Morgan fingerprint density at radius 2 is 1.96 bits per heavy atom. The molecular formula is C21H22F3N3O. The minimum atomic E-state index is -4.45. The minimum absolute atomic E-state index is 0.0128. The molecule has 1 saturated heterocycles. The normalized spacial score (nSPS) is 22.0. The molecule has 1 unspecified atom stereocenters. The molecule has 4 nitrogen and oxygen atoms in total. The zero-order chi connectivity index (χ0) is 20.1. The summed E-state index contributed by atoms with van der Waals surface area (Å²) in [5.74, 6) is 0.209. The maximum Gasteiger partial charge on any atom is 0.416 e. The van der Waals surface area contributed by atoms with Gasteiger partial charge in [0.25, 0.3) is 0 Å². The molecule has 0 saturated carbocycles. The van der Waals surface area contributed by atoms with Crippen LogP contribution in [0.3, 0.4) is 0 Å². The highest BCUT2D eigenvalue weighted by Crippen LogP contribution is 2.45. The second-order valence-electron chi connectivity index (χ2n) is 7.67. The van der Waals surface area contributed by atoms with Gasteiger partial charge in [-0.05, 0) is 56.8 Å².